The highest BCUT2D eigenvalue weighted by Crippen LogP contribution is 2.27. The highest BCUT2D eigenvalue weighted by atomic mass is 32.1. The third-order valence-electron chi connectivity index (χ3n) is 4.67. The van der Waals surface area contributed by atoms with E-state index in [0.29, 0.717) is 11.2 Å². The maximum atomic E-state index is 5.50. The number of benzene rings is 1. The van der Waals surface area contributed by atoms with Crippen molar-refractivity contribution in [2.45, 2.75) is 32.7 Å². The second kappa shape index (κ2) is 8.10. The molecule has 128 valence electrons. The average Bonchev–Trinajstić information content (AvgIpc) is 3.25. The largest absolute Gasteiger partial charge is 0.360 e. The van der Waals surface area contributed by atoms with Crippen LogP contribution in [0.5, 0.6) is 0 Å². The fourth-order valence-electron chi connectivity index (χ4n) is 3.13. The molecule has 0 bridgehead atoms. The third kappa shape index (κ3) is 4.35. The summed E-state index contributed by atoms with van der Waals surface area (Å²) < 4.78 is 0. The zero-order valence-electron chi connectivity index (χ0n) is 14.3. The molecule has 3 nitrogen and oxygen atoms in total. The minimum atomic E-state index is 0.409. The summed E-state index contributed by atoms with van der Waals surface area (Å²) in [5.74, 6) is 0. The number of nitrogens with zero attached hydrogens (tertiary/aromatic N) is 1. The lowest BCUT2D eigenvalue weighted by atomic mass is 10.1. The van der Waals surface area contributed by atoms with Crippen LogP contribution in [-0.2, 0) is 0 Å². The van der Waals surface area contributed by atoms with Crippen LogP contribution in [0.15, 0.2) is 35.7 Å². The zero-order chi connectivity index (χ0) is 16.9. The molecular formula is C19H25N3S2. The second-order valence-electron chi connectivity index (χ2n) is 6.41. The SMILES string of the molecule is Cc1ccc(NC(=S)NC[C@H](c2cccs2)N2CCCC2)cc1C. The Labute approximate surface area is 154 Å². The lowest BCUT2D eigenvalue weighted by Gasteiger charge is -2.27. The van der Waals surface area contributed by atoms with Crippen LogP contribution < -0.4 is 10.6 Å². The highest BCUT2D eigenvalue weighted by Gasteiger charge is 2.24. The summed E-state index contributed by atoms with van der Waals surface area (Å²) in [5, 5.41) is 9.57. The molecule has 2 aromatic rings. The quantitative estimate of drug-likeness (QED) is 0.769. The molecule has 1 atom stereocenters. The van der Waals surface area contributed by atoms with E-state index in [4.69, 9.17) is 12.2 Å². The van der Waals surface area contributed by atoms with E-state index in [2.05, 4.69) is 65.1 Å². The number of likely N-dealkylation sites (tertiary alicyclic amines) is 1. The van der Waals surface area contributed by atoms with E-state index in [1.54, 1.807) is 0 Å². The van der Waals surface area contributed by atoms with Crippen molar-refractivity contribution < 1.29 is 0 Å². The minimum Gasteiger partial charge on any atom is -0.360 e. The van der Waals surface area contributed by atoms with Crippen LogP contribution in [0.4, 0.5) is 5.69 Å². The Morgan fingerprint density at radius 3 is 2.67 bits per heavy atom. The molecule has 2 N–H and O–H groups in total. The number of thiophene rings is 1. The van der Waals surface area contributed by atoms with E-state index in [1.165, 1.54) is 41.9 Å². The molecule has 1 aliphatic rings. The number of thiocarbonyl (C=S) groups is 1. The van der Waals surface area contributed by atoms with Crippen LogP contribution >= 0.6 is 23.6 Å². The molecule has 24 heavy (non-hydrogen) atoms. The van der Waals surface area contributed by atoms with Crippen molar-refractivity contribution in [1.82, 2.24) is 10.2 Å². The summed E-state index contributed by atoms with van der Waals surface area (Å²) in [6.07, 6.45) is 2.60. The molecule has 1 fully saturated rings. The summed E-state index contributed by atoms with van der Waals surface area (Å²) in [6.45, 7) is 7.45. The molecule has 0 radical (unpaired) electrons. The molecule has 5 heteroatoms. The van der Waals surface area contributed by atoms with Gasteiger partial charge in [0, 0.05) is 17.1 Å². The summed E-state index contributed by atoms with van der Waals surface area (Å²) in [7, 11) is 0. The van der Waals surface area contributed by atoms with Gasteiger partial charge in [-0.2, -0.15) is 0 Å². The minimum absolute atomic E-state index is 0.409. The molecule has 0 aliphatic carbocycles. The van der Waals surface area contributed by atoms with Crippen LogP contribution in [0.2, 0.25) is 0 Å². The first kappa shape index (κ1) is 17.4. The molecular weight excluding hydrogens is 334 g/mol. The van der Waals surface area contributed by atoms with Gasteiger partial charge in [0.25, 0.3) is 0 Å². The standard InChI is InChI=1S/C19H25N3S2/c1-14-7-8-16(12-15(14)2)21-19(23)20-13-17(18-6-5-11-24-18)22-9-3-4-10-22/h5-8,11-12,17H,3-4,9-10,13H2,1-2H3,(H2,20,21,23)/t17-/m1/s1. The van der Waals surface area contributed by atoms with Gasteiger partial charge in [-0.1, -0.05) is 12.1 Å². The Kier molecular flexibility index (Phi) is 5.87. The van der Waals surface area contributed by atoms with Crippen LogP contribution in [-0.4, -0.2) is 29.6 Å². The van der Waals surface area contributed by atoms with Crippen LogP contribution in [0.3, 0.4) is 0 Å². The zero-order valence-corrected chi connectivity index (χ0v) is 16.0. The number of aryl methyl sites for hydroxylation is 2. The van der Waals surface area contributed by atoms with Crippen molar-refractivity contribution in [2.75, 3.05) is 25.0 Å². The van der Waals surface area contributed by atoms with Crippen LogP contribution in [0, 0.1) is 13.8 Å². The molecule has 0 saturated carbocycles. The summed E-state index contributed by atoms with van der Waals surface area (Å²) >= 11 is 7.33. The number of hydrogen-bond acceptors (Lipinski definition) is 3. The van der Waals surface area contributed by atoms with E-state index < -0.39 is 0 Å². The Bertz CT molecular complexity index is 676. The van der Waals surface area contributed by atoms with Gasteiger partial charge < -0.3 is 10.6 Å². The van der Waals surface area contributed by atoms with Gasteiger partial charge in [-0.25, -0.2) is 0 Å². The molecule has 1 aromatic carbocycles. The van der Waals surface area contributed by atoms with E-state index in [0.717, 1.165) is 12.2 Å². The first-order valence-electron chi connectivity index (χ1n) is 8.53. The second-order valence-corrected chi connectivity index (χ2v) is 7.80. The van der Waals surface area contributed by atoms with Gasteiger partial charge in [0.2, 0.25) is 0 Å². The molecule has 1 aromatic heterocycles. The average molecular weight is 360 g/mol. The maximum Gasteiger partial charge on any atom is 0.170 e. The Hall–Kier alpha value is -1.43. The Morgan fingerprint density at radius 2 is 2.00 bits per heavy atom. The van der Waals surface area contributed by atoms with Crippen LogP contribution in [0.1, 0.15) is 34.9 Å². The first-order chi connectivity index (χ1) is 11.6. The van der Waals surface area contributed by atoms with E-state index >= 15 is 0 Å². The first-order valence-corrected chi connectivity index (χ1v) is 9.82. The molecule has 0 spiro atoms. The summed E-state index contributed by atoms with van der Waals surface area (Å²) in [5.41, 5.74) is 3.62. The van der Waals surface area contributed by atoms with E-state index in [9.17, 15) is 0 Å². The smallest absolute Gasteiger partial charge is 0.170 e. The molecule has 0 amide bonds. The van der Waals surface area contributed by atoms with Crippen molar-refractivity contribution in [1.29, 1.82) is 0 Å². The number of anilines is 1. The van der Waals surface area contributed by atoms with E-state index in [1.807, 2.05) is 11.3 Å². The predicted molar refractivity (Wildman–Crippen MR) is 108 cm³/mol. The molecule has 0 unspecified atom stereocenters. The van der Waals surface area contributed by atoms with Crippen molar-refractivity contribution in [3.63, 3.8) is 0 Å². The Balaban J connectivity index is 1.59. The van der Waals surface area contributed by atoms with Crippen molar-refractivity contribution in [3.8, 4) is 0 Å². The molecule has 1 aliphatic heterocycles. The normalized spacial score (nSPS) is 16.1. The molecule has 2 heterocycles. The highest BCUT2D eigenvalue weighted by molar-refractivity contribution is 7.80. The van der Waals surface area contributed by atoms with Gasteiger partial charge in [0.15, 0.2) is 5.11 Å². The molecule has 1 saturated heterocycles. The lowest BCUT2D eigenvalue weighted by molar-refractivity contribution is 0.249. The number of rotatable bonds is 5. The number of hydrogen-bond donors (Lipinski definition) is 2. The summed E-state index contributed by atoms with van der Waals surface area (Å²) in [6, 6.07) is 11.1. The third-order valence-corrected chi connectivity index (χ3v) is 5.89. The fourth-order valence-corrected chi connectivity index (χ4v) is 4.19. The number of nitrogens with one attached hydrogen (secondary N) is 2. The topological polar surface area (TPSA) is 27.3 Å². The lowest BCUT2D eigenvalue weighted by Crippen LogP contribution is -2.38. The van der Waals surface area contributed by atoms with Gasteiger partial charge in [0.05, 0.1) is 6.04 Å². The van der Waals surface area contributed by atoms with Gasteiger partial charge in [-0.15, -0.1) is 11.3 Å². The van der Waals surface area contributed by atoms with Crippen molar-refractivity contribution >= 4 is 34.4 Å². The van der Waals surface area contributed by atoms with Gasteiger partial charge >= 0.3 is 0 Å². The monoisotopic (exact) mass is 359 g/mol. The fraction of sp³-hybridized carbons (Fsp3) is 0.421. The van der Waals surface area contributed by atoms with Gasteiger partial charge in [-0.05, 0) is 86.7 Å². The Morgan fingerprint density at radius 1 is 1.21 bits per heavy atom. The van der Waals surface area contributed by atoms with E-state index in [-0.39, 0.29) is 0 Å². The van der Waals surface area contributed by atoms with Crippen molar-refractivity contribution in [3.05, 3.63) is 51.7 Å². The summed E-state index contributed by atoms with van der Waals surface area (Å²) in [4.78, 5) is 3.98. The predicted octanol–water partition coefficient (Wildman–Crippen LogP) is 4.49. The van der Waals surface area contributed by atoms with Crippen LogP contribution in [0.25, 0.3) is 0 Å². The van der Waals surface area contributed by atoms with Gasteiger partial charge in [0.1, 0.15) is 0 Å². The molecule has 3 rings (SSSR count). The van der Waals surface area contributed by atoms with Crippen molar-refractivity contribution in [2.24, 2.45) is 0 Å². The maximum absolute atomic E-state index is 5.50. The van der Waals surface area contributed by atoms with Gasteiger partial charge in [-0.3, -0.25) is 4.90 Å².